The number of ether oxygens (including phenoxy) is 1. The minimum atomic E-state index is -0.553. The number of hydrogen-bond donors (Lipinski definition) is 1. The molecule has 0 spiro atoms. The van der Waals surface area contributed by atoms with Gasteiger partial charge >= 0.3 is 13.1 Å². The van der Waals surface area contributed by atoms with Crippen LogP contribution in [0.15, 0.2) is 18.2 Å². The molecule has 0 radical (unpaired) electrons. The third-order valence-electron chi connectivity index (χ3n) is 4.94. The number of esters is 1. The van der Waals surface area contributed by atoms with Gasteiger partial charge in [-0.2, -0.15) is 0 Å². The number of rotatable bonds is 5. The Kier molecular flexibility index (Phi) is 5.30. The predicted octanol–water partition coefficient (Wildman–Crippen LogP) is 3.37. The zero-order valence-corrected chi connectivity index (χ0v) is 15.4. The van der Waals surface area contributed by atoms with Gasteiger partial charge in [0.2, 0.25) is 0 Å². The van der Waals surface area contributed by atoms with Crippen LogP contribution in [-0.4, -0.2) is 36.0 Å². The smallest absolute Gasteiger partial charge is 0.466 e. The predicted molar refractivity (Wildman–Crippen MR) is 92.9 cm³/mol. The Morgan fingerprint density at radius 2 is 1.83 bits per heavy atom. The second-order valence-electron chi connectivity index (χ2n) is 7.28. The van der Waals surface area contributed by atoms with Crippen LogP contribution in [0.5, 0.6) is 5.75 Å². The molecular formula is C18H27BO5. The average molecular weight is 334 g/mol. The van der Waals surface area contributed by atoms with Gasteiger partial charge in [0, 0.05) is 5.82 Å². The van der Waals surface area contributed by atoms with E-state index in [2.05, 4.69) is 0 Å². The fourth-order valence-corrected chi connectivity index (χ4v) is 2.88. The second kappa shape index (κ2) is 6.77. The molecule has 6 heteroatoms. The van der Waals surface area contributed by atoms with Crippen LogP contribution >= 0.6 is 0 Å². The van der Waals surface area contributed by atoms with Crippen molar-refractivity contribution in [3.63, 3.8) is 0 Å². The van der Waals surface area contributed by atoms with Gasteiger partial charge in [0.25, 0.3) is 0 Å². The topological polar surface area (TPSA) is 65.0 Å². The minimum absolute atomic E-state index is 0.163. The Balaban J connectivity index is 2.35. The highest BCUT2D eigenvalue weighted by Crippen LogP contribution is 2.42. The second-order valence-corrected chi connectivity index (χ2v) is 7.28. The lowest BCUT2D eigenvalue weighted by Gasteiger charge is -2.32. The molecular weight excluding hydrogens is 307 g/mol. The SMILES string of the molecule is CCOC(=O)CC(B1OC(C)(C)C(C)(C)O1)c1ccc(O)cc1C. The van der Waals surface area contributed by atoms with Crippen LogP contribution in [0.25, 0.3) is 0 Å². The largest absolute Gasteiger partial charge is 0.508 e. The molecule has 2 rings (SSSR count). The number of phenols is 1. The molecule has 0 aliphatic carbocycles. The summed E-state index contributed by atoms with van der Waals surface area (Å²) in [5.41, 5.74) is 0.850. The Morgan fingerprint density at radius 3 is 2.33 bits per heavy atom. The van der Waals surface area contributed by atoms with Gasteiger partial charge in [0.15, 0.2) is 0 Å². The van der Waals surface area contributed by atoms with Gasteiger partial charge in [0.05, 0.1) is 24.2 Å². The van der Waals surface area contributed by atoms with Gasteiger partial charge in [-0.05, 0) is 64.8 Å². The molecule has 0 aromatic heterocycles. The molecule has 24 heavy (non-hydrogen) atoms. The van der Waals surface area contributed by atoms with E-state index in [1.165, 1.54) is 0 Å². The maximum atomic E-state index is 12.1. The summed E-state index contributed by atoms with van der Waals surface area (Å²) in [5, 5.41) is 9.66. The van der Waals surface area contributed by atoms with Gasteiger partial charge < -0.3 is 19.2 Å². The van der Waals surface area contributed by atoms with E-state index in [4.69, 9.17) is 14.0 Å². The molecule has 0 amide bonds. The maximum absolute atomic E-state index is 12.1. The van der Waals surface area contributed by atoms with E-state index in [0.29, 0.717) is 6.61 Å². The first-order chi connectivity index (χ1) is 11.1. The zero-order valence-electron chi connectivity index (χ0n) is 15.4. The molecule has 132 valence electrons. The molecule has 1 atom stereocenters. The van der Waals surface area contributed by atoms with Crippen molar-refractivity contribution in [1.82, 2.24) is 0 Å². The van der Waals surface area contributed by atoms with Gasteiger partial charge in [-0.15, -0.1) is 0 Å². The summed E-state index contributed by atoms with van der Waals surface area (Å²) in [7, 11) is -0.553. The number of carbonyl (C=O) groups is 1. The third-order valence-corrected chi connectivity index (χ3v) is 4.94. The number of aryl methyl sites for hydroxylation is 1. The molecule has 1 fully saturated rings. The van der Waals surface area contributed by atoms with Crippen LogP contribution in [0.2, 0.25) is 0 Å². The van der Waals surface area contributed by atoms with Gasteiger partial charge in [-0.3, -0.25) is 4.79 Å². The van der Waals surface area contributed by atoms with Crippen LogP contribution in [0.1, 0.15) is 58.0 Å². The molecule has 1 aromatic carbocycles. The van der Waals surface area contributed by atoms with Crippen molar-refractivity contribution in [3.05, 3.63) is 29.3 Å². The molecule has 5 nitrogen and oxygen atoms in total. The van der Waals surface area contributed by atoms with Crippen LogP contribution in [0, 0.1) is 6.92 Å². The third kappa shape index (κ3) is 3.76. The summed E-state index contributed by atoms with van der Waals surface area (Å²) in [6, 6.07) is 5.12. The number of hydrogen-bond acceptors (Lipinski definition) is 5. The van der Waals surface area contributed by atoms with Crippen molar-refractivity contribution in [1.29, 1.82) is 0 Å². The lowest BCUT2D eigenvalue weighted by atomic mass is 9.65. The van der Waals surface area contributed by atoms with E-state index in [0.717, 1.165) is 11.1 Å². The summed E-state index contributed by atoms with van der Waals surface area (Å²) in [6.07, 6.45) is 0.163. The van der Waals surface area contributed by atoms with Crippen molar-refractivity contribution in [2.45, 2.75) is 65.0 Å². The van der Waals surface area contributed by atoms with E-state index in [-0.39, 0.29) is 24.0 Å². The fraction of sp³-hybridized carbons (Fsp3) is 0.611. The Bertz CT molecular complexity index is 595. The van der Waals surface area contributed by atoms with Crippen molar-refractivity contribution >= 4 is 13.1 Å². The quantitative estimate of drug-likeness (QED) is 0.661. The molecule has 0 bridgehead atoms. The fourth-order valence-electron chi connectivity index (χ4n) is 2.88. The van der Waals surface area contributed by atoms with Gasteiger partial charge in [-0.25, -0.2) is 0 Å². The minimum Gasteiger partial charge on any atom is -0.508 e. The van der Waals surface area contributed by atoms with E-state index in [9.17, 15) is 9.90 Å². The number of benzene rings is 1. The summed E-state index contributed by atoms with van der Waals surface area (Å²) in [6.45, 7) is 12.0. The highest BCUT2D eigenvalue weighted by molar-refractivity contribution is 6.48. The van der Waals surface area contributed by atoms with E-state index in [1.54, 1.807) is 19.1 Å². The van der Waals surface area contributed by atoms with Crippen molar-refractivity contribution < 1.29 is 23.9 Å². The number of carbonyl (C=O) groups excluding carboxylic acids is 1. The first-order valence-electron chi connectivity index (χ1n) is 8.38. The highest BCUT2D eigenvalue weighted by atomic mass is 16.7. The molecule has 1 N–H and O–H groups in total. The Hall–Kier alpha value is -1.53. The first kappa shape index (κ1) is 18.8. The lowest BCUT2D eigenvalue weighted by Crippen LogP contribution is -2.41. The van der Waals surface area contributed by atoms with E-state index >= 15 is 0 Å². The average Bonchev–Trinajstić information content (AvgIpc) is 2.65. The van der Waals surface area contributed by atoms with Gasteiger partial charge in [-0.1, -0.05) is 6.07 Å². The summed E-state index contributed by atoms with van der Waals surface area (Å²) in [5.74, 6) is -0.393. The molecule has 1 aliphatic rings. The Morgan fingerprint density at radius 1 is 1.25 bits per heavy atom. The molecule has 1 unspecified atom stereocenters. The summed E-state index contributed by atoms with van der Waals surface area (Å²) >= 11 is 0. The van der Waals surface area contributed by atoms with Crippen LogP contribution in [-0.2, 0) is 18.8 Å². The summed E-state index contributed by atoms with van der Waals surface area (Å²) < 4.78 is 17.4. The van der Waals surface area contributed by atoms with Gasteiger partial charge in [0.1, 0.15) is 5.75 Å². The van der Waals surface area contributed by atoms with Crippen molar-refractivity contribution in [2.75, 3.05) is 6.61 Å². The standard InChI is InChI=1S/C18H27BO5/c1-7-22-16(21)11-15(14-9-8-13(20)10-12(14)2)19-23-17(3,4)18(5,6)24-19/h8-10,15,20H,7,11H2,1-6H3. The number of aromatic hydroxyl groups is 1. The summed E-state index contributed by atoms with van der Waals surface area (Å²) in [4.78, 5) is 12.1. The van der Waals surface area contributed by atoms with Crippen LogP contribution in [0.3, 0.4) is 0 Å². The normalized spacial score (nSPS) is 20.0. The van der Waals surface area contributed by atoms with E-state index in [1.807, 2.05) is 40.7 Å². The first-order valence-corrected chi connectivity index (χ1v) is 8.38. The zero-order chi connectivity index (χ0) is 18.1. The maximum Gasteiger partial charge on any atom is 0.466 e. The molecule has 1 aliphatic heterocycles. The monoisotopic (exact) mass is 334 g/mol. The Labute approximate surface area is 144 Å². The van der Waals surface area contributed by atoms with Crippen molar-refractivity contribution in [2.24, 2.45) is 0 Å². The van der Waals surface area contributed by atoms with Crippen LogP contribution < -0.4 is 0 Å². The molecule has 1 heterocycles. The van der Waals surface area contributed by atoms with E-state index < -0.39 is 18.3 Å². The van der Waals surface area contributed by atoms with Crippen molar-refractivity contribution in [3.8, 4) is 5.75 Å². The molecule has 1 saturated heterocycles. The van der Waals surface area contributed by atoms with Crippen LogP contribution in [0.4, 0.5) is 0 Å². The lowest BCUT2D eigenvalue weighted by molar-refractivity contribution is -0.143. The highest BCUT2D eigenvalue weighted by Gasteiger charge is 2.54. The molecule has 0 saturated carbocycles. The number of phenolic OH excluding ortho intramolecular Hbond substituents is 1. The molecule has 1 aromatic rings.